The van der Waals surface area contributed by atoms with E-state index in [0.29, 0.717) is 29.4 Å². The van der Waals surface area contributed by atoms with Gasteiger partial charge < -0.3 is 14.8 Å². The first-order valence-corrected chi connectivity index (χ1v) is 9.38. The number of sulfonamides is 1. The summed E-state index contributed by atoms with van der Waals surface area (Å²) in [5, 5.41) is 2.73. The van der Waals surface area contributed by atoms with Gasteiger partial charge in [-0.05, 0) is 49.4 Å². The summed E-state index contributed by atoms with van der Waals surface area (Å²) < 4.78 is 35.9. The van der Waals surface area contributed by atoms with Crippen molar-refractivity contribution in [1.29, 1.82) is 0 Å². The minimum absolute atomic E-state index is 0.156. The van der Waals surface area contributed by atoms with E-state index in [1.807, 2.05) is 6.92 Å². The van der Waals surface area contributed by atoms with Crippen LogP contribution in [0, 0.1) is 0 Å². The van der Waals surface area contributed by atoms with Crippen molar-refractivity contribution in [3.63, 3.8) is 0 Å². The molecular weight excluding hydrogens is 356 g/mol. The Balaban J connectivity index is 2.17. The van der Waals surface area contributed by atoms with Crippen LogP contribution in [-0.4, -0.2) is 46.4 Å². The van der Waals surface area contributed by atoms with Gasteiger partial charge in [-0.3, -0.25) is 4.79 Å². The molecule has 0 radical (unpaired) electrons. The SMILES string of the molecule is CCOc1ccc(C(=O)Nc2ccc(S(=O)(=O)N(C)C)cc2)cc1OC. The fraction of sp³-hybridized carbons (Fsp3) is 0.278. The van der Waals surface area contributed by atoms with Gasteiger partial charge in [0.1, 0.15) is 0 Å². The first kappa shape index (κ1) is 19.7. The zero-order chi connectivity index (χ0) is 19.3. The Morgan fingerprint density at radius 3 is 2.27 bits per heavy atom. The minimum Gasteiger partial charge on any atom is -0.493 e. The second-order valence-corrected chi connectivity index (χ2v) is 7.72. The van der Waals surface area contributed by atoms with Crippen LogP contribution in [-0.2, 0) is 10.0 Å². The number of benzene rings is 2. The van der Waals surface area contributed by atoms with Crippen LogP contribution < -0.4 is 14.8 Å². The van der Waals surface area contributed by atoms with Gasteiger partial charge in [0.15, 0.2) is 11.5 Å². The average Bonchev–Trinajstić information content (AvgIpc) is 2.62. The lowest BCUT2D eigenvalue weighted by Gasteiger charge is -2.13. The second kappa shape index (κ2) is 8.20. The van der Waals surface area contributed by atoms with E-state index in [1.165, 1.54) is 33.3 Å². The van der Waals surface area contributed by atoms with E-state index < -0.39 is 10.0 Å². The maximum Gasteiger partial charge on any atom is 0.255 e. The highest BCUT2D eigenvalue weighted by Crippen LogP contribution is 2.28. The number of carbonyl (C=O) groups is 1. The smallest absolute Gasteiger partial charge is 0.255 e. The van der Waals surface area contributed by atoms with Crippen LogP contribution in [0.5, 0.6) is 11.5 Å². The zero-order valence-corrected chi connectivity index (χ0v) is 16.0. The van der Waals surface area contributed by atoms with Gasteiger partial charge in [0.25, 0.3) is 5.91 Å². The number of hydrogen-bond donors (Lipinski definition) is 1. The molecule has 0 bridgehead atoms. The third-order valence-corrected chi connectivity index (χ3v) is 5.45. The molecule has 0 spiro atoms. The molecule has 0 heterocycles. The van der Waals surface area contributed by atoms with Gasteiger partial charge in [-0.2, -0.15) is 0 Å². The quantitative estimate of drug-likeness (QED) is 0.800. The Morgan fingerprint density at radius 1 is 1.08 bits per heavy atom. The molecule has 0 aliphatic carbocycles. The van der Waals surface area contributed by atoms with Gasteiger partial charge in [0, 0.05) is 25.3 Å². The molecule has 1 amide bonds. The van der Waals surface area contributed by atoms with Crippen molar-refractivity contribution in [2.75, 3.05) is 33.1 Å². The lowest BCUT2D eigenvalue weighted by Crippen LogP contribution is -2.22. The molecule has 0 saturated carbocycles. The number of amides is 1. The topological polar surface area (TPSA) is 84.9 Å². The normalized spacial score (nSPS) is 11.3. The van der Waals surface area contributed by atoms with Crippen molar-refractivity contribution < 1.29 is 22.7 Å². The molecule has 2 aromatic rings. The van der Waals surface area contributed by atoms with Gasteiger partial charge in [0.2, 0.25) is 10.0 Å². The molecule has 0 unspecified atom stereocenters. The van der Waals surface area contributed by atoms with Crippen molar-refractivity contribution in [2.24, 2.45) is 0 Å². The van der Waals surface area contributed by atoms with Crippen LogP contribution in [0.15, 0.2) is 47.4 Å². The predicted octanol–water partition coefficient (Wildman–Crippen LogP) is 2.60. The van der Waals surface area contributed by atoms with Gasteiger partial charge in [-0.1, -0.05) is 0 Å². The molecule has 0 fully saturated rings. The summed E-state index contributed by atoms with van der Waals surface area (Å²) in [7, 11) is 0.925. The number of anilines is 1. The highest BCUT2D eigenvalue weighted by Gasteiger charge is 2.17. The van der Waals surface area contributed by atoms with Crippen LogP contribution in [0.2, 0.25) is 0 Å². The molecule has 7 nitrogen and oxygen atoms in total. The number of nitrogens with one attached hydrogen (secondary N) is 1. The average molecular weight is 378 g/mol. The van der Waals surface area contributed by atoms with Gasteiger partial charge in [0.05, 0.1) is 18.6 Å². The minimum atomic E-state index is -3.50. The Morgan fingerprint density at radius 2 is 1.73 bits per heavy atom. The van der Waals surface area contributed by atoms with Crippen molar-refractivity contribution in [1.82, 2.24) is 4.31 Å². The zero-order valence-electron chi connectivity index (χ0n) is 15.1. The molecular formula is C18H22N2O5S. The second-order valence-electron chi connectivity index (χ2n) is 5.56. The molecule has 2 aromatic carbocycles. The fourth-order valence-corrected chi connectivity index (χ4v) is 3.11. The molecule has 0 aliphatic rings. The largest absolute Gasteiger partial charge is 0.493 e. The first-order valence-electron chi connectivity index (χ1n) is 7.94. The van der Waals surface area contributed by atoms with Crippen LogP contribution in [0.3, 0.4) is 0 Å². The molecule has 0 aliphatic heterocycles. The van der Waals surface area contributed by atoms with Crippen LogP contribution >= 0.6 is 0 Å². The fourth-order valence-electron chi connectivity index (χ4n) is 2.21. The summed E-state index contributed by atoms with van der Waals surface area (Å²) >= 11 is 0. The Bertz CT molecular complexity index is 877. The molecule has 140 valence electrons. The first-order chi connectivity index (χ1) is 12.3. The summed E-state index contributed by atoms with van der Waals surface area (Å²) in [4.78, 5) is 12.6. The lowest BCUT2D eigenvalue weighted by molar-refractivity contribution is 0.102. The van der Waals surface area contributed by atoms with E-state index in [2.05, 4.69) is 5.32 Å². The molecule has 0 saturated heterocycles. The van der Waals surface area contributed by atoms with E-state index in [4.69, 9.17) is 9.47 Å². The molecule has 1 N–H and O–H groups in total. The maximum atomic E-state index is 12.4. The van der Waals surface area contributed by atoms with Crippen LogP contribution in [0.1, 0.15) is 17.3 Å². The third-order valence-electron chi connectivity index (χ3n) is 3.62. The van der Waals surface area contributed by atoms with Crippen LogP contribution in [0.25, 0.3) is 0 Å². The number of nitrogens with zero attached hydrogens (tertiary/aromatic N) is 1. The Kier molecular flexibility index (Phi) is 6.23. The Labute approximate surface area is 153 Å². The lowest BCUT2D eigenvalue weighted by atomic mass is 10.2. The highest BCUT2D eigenvalue weighted by atomic mass is 32.2. The standard InChI is InChI=1S/C18H22N2O5S/c1-5-25-16-11-6-13(12-17(16)24-4)18(21)19-14-7-9-15(10-8-14)26(22,23)20(2)3/h6-12H,5H2,1-4H3,(H,19,21). The van der Waals surface area contributed by atoms with E-state index in [-0.39, 0.29) is 10.8 Å². The molecule has 0 atom stereocenters. The van der Waals surface area contributed by atoms with E-state index in [1.54, 1.807) is 30.3 Å². The molecule has 26 heavy (non-hydrogen) atoms. The number of hydrogen-bond acceptors (Lipinski definition) is 5. The summed E-state index contributed by atoms with van der Waals surface area (Å²) in [5.41, 5.74) is 0.885. The van der Waals surface area contributed by atoms with Crippen molar-refractivity contribution >= 4 is 21.6 Å². The molecule has 2 rings (SSSR count). The van der Waals surface area contributed by atoms with Gasteiger partial charge in [-0.25, -0.2) is 12.7 Å². The summed E-state index contributed by atoms with van der Waals surface area (Å²) in [6, 6.07) is 10.9. The van der Waals surface area contributed by atoms with Crippen LogP contribution in [0.4, 0.5) is 5.69 Å². The number of carbonyl (C=O) groups excluding carboxylic acids is 1. The van der Waals surface area contributed by atoms with E-state index in [0.717, 1.165) is 4.31 Å². The highest BCUT2D eigenvalue weighted by molar-refractivity contribution is 7.89. The van der Waals surface area contributed by atoms with Crippen molar-refractivity contribution in [2.45, 2.75) is 11.8 Å². The molecule has 0 aromatic heterocycles. The van der Waals surface area contributed by atoms with Gasteiger partial charge >= 0.3 is 0 Å². The number of rotatable bonds is 7. The summed E-state index contributed by atoms with van der Waals surface area (Å²) in [6.07, 6.45) is 0. The van der Waals surface area contributed by atoms with E-state index in [9.17, 15) is 13.2 Å². The van der Waals surface area contributed by atoms with Crippen molar-refractivity contribution in [3.05, 3.63) is 48.0 Å². The summed E-state index contributed by atoms with van der Waals surface area (Å²) in [6.45, 7) is 2.35. The molecule has 8 heteroatoms. The monoisotopic (exact) mass is 378 g/mol. The Hall–Kier alpha value is -2.58. The third kappa shape index (κ3) is 4.33. The van der Waals surface area contributed by atoms with Crippen molar-refractivity contribution in [3.8, 4) is 11.5 Å². The number of ether oxygens (including phenoxy) is 2. The number of methoxy groups -OCH3 is 1. The van der Waals surface area contributed by atoms with E-state index >= 15 is 0 Å². The predicted molar refractivity (Wildman–Crippen MR) is 99.4 cm³/mol. The summed E-state index contributed by atoms with van der Waals surface area (Å²) in [5.74, 6) is 0.686. The van der Waals surface area contributed by atoms with Gasteiger partial charge in [-0.15, -0.1) is 0 Å². The maximum absolute atomic E-state index is 12.4.